The highest BCUT2D eigenvalue weighted by molar-refractivity contribution is 6.01. The van der Waals surface area contributed by atoms with Gasteiger partial charge in [0.05, 0.1) is 24.3 Å². The second kappa shape index (κ2) is 9.22. The van der Waals surface area contributed by atoms with Crippen LogP contribution in [0.1, 0.15) is 34.6 Å². The van der Waals surface area contributed by atoms with Crippen molar-refractivity contribution in [2.45, 2.75) is 13.8 Å². The molecule has 2 amide bonds. The molecule has 0 radical (unpaired) electrons. The van der Waals surface area contributed by atoms with E-state index in [4.69, 9.17) is 9.47 Å². The van der Waals surface area contributed by atoms with E-state index < -0.39 is 18.0 Å². The zero-order chi connectivity index (χ0) is 18.9. The van der Waals surface area contributed by atoms with E-state index in [1.165, 1.54) is 12.1 Å². The van der Waals surface area contributed by atoms with Crippen LogP contribution in [0.15, 0.2) is 48.5 Å². The van der Waals surface area contributed by atoms with Crippen LogP contribution in [-0.4, -0.2) is 31.2 Å². The molecule has 2 rings (SSSR count). The van der Waals surface area contributed by atoms with E-state index in [1.807, 2.05) is 0 Å². The summed E-state index contributed by atoms with van der Waals surface area (Å²) in [5.74, 6) is -0.919. The van der Waals surface area contributed by atoms with Gasteiger partial charge in [-0.3, -0.25) is 0 Å². The van der Waals surface area contributed by atoms with Gasteiger partial charge in [-0.2, -0.15) is 0 Å². The third-order valence-electron chi connectivity index (χ3n) is 3.26. The molecular formula is C19H20N2O5. The monoisotopic (exact) mass is 355 g/mol. The molecule has 0 saturated carbocycles. The van der Waals surface area contributed by atoms with Gasteiger partial charge in [0.2, 0.25) is 0 Å². The molecule has 0 bridgehead atoms. The fraction of sp³-hybridized carbons (Fsp3) is 0.211. The molecule has 0 atom stereocenters. The van der Waals surface area contributed by atoms with Gasteiger partial charge in [0.1, 0.15) is 0 Å². The maximum atomic E-state index is 12.1. The number of urea groups is 1. The van der Waals surface area contributed by atoms with Gasteiger partial charge in [-0.1, -0.05) is 12.1 Å². The molecule has 26 heavy (non-hydrogen) atoms. The summed E-state index contributed by atoms with van der Waals surface area (Å²) in [6.45, 7) is 3.98. The molecule has 2 aromatic carbocycles. The summed E-state index contributed by atoms with van der Waals surface area (Å²) in [6.07, 6.45) is 0. The first-order chi connectivity index (χ1) is 12.5. The summed E-state index contributed by atoms with van der Waals surface area (Å²) in [4.78, 5) is 35.6. The smallest absolute Gasteiger partial charge is 0.338 e. The van der Waals surface area contributed by atoms with Crippen LogP contribution in [-0.2, 0) is 9.47 Å². The highest BCUT2D eigenvalue weighted by Gasteiger charge is 2.10. The van der Waals surface area contributed by atoms with E-state index in [2.05, 4.69) is 10.6 Å². The Bertz CT molecular complexity index is 739. The van der Waals surface area contributed by atoms with Crippen LogP contribution in [0, 0.1) is 0 Å². The number of ether oxygens (including phenoxy) is 2. The molecule has 7 nitrogen and oxygen atoms in total. The predicted octanol–water partition coefficient (Wildman–Crippen LogP) is 3.68. The molecule has 7 heteroatoms. The highest BCUT2D eigenvalue weighted by atomic mass is 16.5. The van der Waals surface area contributed by atoms with Crippen LogP contribution < -0.4 is 10.6 Å². The van der Waals surface area contributed by atoms with Gasteiger partial charge in [-0.15, -0.1) is 0 Å². The maximum Gasteiger partial charge on any atom is 0.338 e. The van der Waals surface area contributed by atoms with Gasteiger partial charge in [-0.25, -0.2) is 14.4 Å². The number of hydrogen-bond donors (Lipinski definition) is 2. The van der Waals surface area contributed by atoms with Crippen LogP contribution >= 0.6 is 0 Å². The fourth-order valence-corrected chi connectivity index (χ4v) is 2.17. The molecule has 0 unspecified atom stereocenters. The van der Waals surface area contributed by atoms with Crippen molar-refractivity contribution in [3.63, 3.8) is 0 Å². The quantitative estimate of drug-likeness (QED) is 0.771. The Morgan fingerprint density at radius 3 is 1.58 bits per heavy atom. The van der Waals surface area contributed by atoms with Crippen LogP contribution in [0.5, 0.6) is 0 Å². The van der Waals surface area contributed by atoms with Gasteiger partial charge in [0.15, 0.2) is 0 Å². The molecule has 0 spiro atoms. The van der Waals surface area contributed by atoms with Gasteiger partial charge in [-0.05, 0) is 50.2 Å². The normalized spacial score (nSPS) is 9.92. The first-order valence-electron chi connectivity index (χ1n) is 8.15. The number of esters is 2. The number of nitrogens with one attached hydrogen (secondary N) is 2. The minimum absolute atomic E-state index is 0.272. The zero-order valence-corrected chi connectivity index (χ0v) is 14.6. The number of amides is 2. The number of carbonyl (C=O) groups excluding carboxylic acids is 3. The molecule has 0 aliphatic heterocycles. The van der Waals surface area contributed by atoms with Crippen molar-refractivity contribution < 1.29 is 23.9 Å². The molecule has 136 valence electrons. The summed E-state index contributed by atoms with van der Waals surface area (Å²) in [6, 6.07) is 12.3. The lowest BCUT2D eigenvalue weighted by atomic mass is 10.1. The third kappa shape index (κ3) is 5.34. The summed E-state index contributed by atoms with van der Waals surface area (Å²) >= 11 is 0. The van der Waals surface area contributed by atoms with E-state index in [0.29, 0.717) is 22.5 Å². The second-order valence-corrected chi connectivity index (χ2v) is 5.18. The van der Waals surface area contributed by atoms with E-state index in [0.717, 1.165) is 0 Å². The zero-order valence-electron chi connectivity index (χ0n) is 14.6. The molecular weight excluding hydrogens is 335 g/mol. The summed E-state index contributed by atoms with van der Waals surface area (Å²) in [5, 5.41) is 5.26. The first kappa shape index (κ1) is 19.0. The van der Waals surface area contributed by atoms with Crippen molar-refractivity contribution in [2.75, 3.05) is 23.8 Å². The average Bonchev–Trinajstić information content (AvgIpc) is 2.62. The van der Waals surface area contributed by atoms with Crippen molar-refractivity contribution >= 4 is 29.3 Å². The third-order valence-corrected chi connectivity index (χ3v) is 3.26. The number of carbonyl (C=O) groups is 3. The van der Waals surface area contributed by atoms with Crippen LogP contribution in [0.2, 0.25) is 0 Å². The Labute approximate surface area is 151 Å². The first-order valence-corrected chi connectivity index (χ1v) is 8.15. The Balaban J connectivity index is 2.03. The van der Waals surface area contributed by atoms with Crippen LogP contribution in [0.4, 0.5) is 16.2 Å². The summed E-state index contributed by atoms with van der Waals surface area (Å²) < 4.78 is 9.86. The molecule has 0 aliphatic carbocycles. The van der Waals surface area contributed by atoms with Gasteiger partial charge in [0, 0.05) is 11.4 Å². The van der Waals surface area contributed by atoms with E-state index in [9.17, 15) is 14.4 Å². The second-order valence-electron chi connectivity index (χ2n) is 5.18. The van der Waals surface area contributed by atoms with E-state index in [-0.39, 0.29) is 13.2 Å². The van der Waals surface area contributed by atoms with Crippen LogP contribution in [0.3, 0.4) is 0 Å². The number of hydrogen-bond acceptors (Lipinski definition) is 5. The van der Waals surface area contributed by atoms with Crippen molar-refractivity contribution in [1.82, 2.24) is 0 Å². The highest BCUT2D eigenvalue weighted by Crippen LogP contribution is 2.15. The van der Waals surface area contributed by atoms with Crippen molar-refractivity contribution in [2.24, 2.45) is 0 Å². The molecule has 0 fully saturated rings. The van der Waals surface area contributed by atoms with Crippen molar-refractivity contribution in [3.05, 3.63) is 59.7 Å². The van der Waals surface area contributed by atoms with E-state index in [1.54, 1.807) is 50.2 Å². The van der Waals surface area contributed by atoms with E-state index >= 15 is 0 Å². The Morgan fingerprint density at radius 1 is 0.769 bits per heavy atom. The lowest BCUT2D eigenvalue weighted by molar-refractivity contribution is 0.0517. The standard InChI is InChI=1S/C19H20N2O5/c1-3-25-17(22)13-7-5-9-15(11-13)20-19(24)21-16-10-6-8-14(12-16)18(23)26-4-2/h5-12H,3-4H2,1-2H3,(H2,20,21,24)/i19-1. The lowest BCUT2D eigenvalue weighted by Crippen LogP contribution is -2.20. The van der Waals surface area contributed by atoms with Gasteiger partial charge < -0.3 is 20.1 Å². The molecule has 0 heterocycles. The Kier molecular flexibility index (Phi) is 6.73. The van der Waals surface area contributed by atoms with Gasteiger partial charge in [0.25, 0.3) is 0 Å². The molecule has 2 N–H and O–H groups in total. The summed E-state index contributed by atoms with van der Waals surface area (Å²) in [7, 11) is 0. The molecule has 2 aromatic rings. The van der Waals surface area contributed by atoms with Crippen molar-refractivity contribution in [3.8, 4) is 0 Å². The lowest BCUT2D eigenvalue weighted by Gasteiger charge is -2.10. The average molecular weight is 355 g/mol. The number of anilines is 2. The summed E-state index contributed by atoms with van der Waals surface area (Å²) in [5.41, 5.74) is 1.56. The number of rotatable bonds is 6. The minimum Gasteiger partial charge on any atom is -0.462 e. The fourth-order valence-electron chi connectivity index (χ4n) is 2.17. The van der Waals surface area contributed by atoms with Crippen molar-refractivity contribution in [1.29, 1.82) is 0 Å². The molecule has 0 saturated heterocycles. The molecule has 0 aliphatic rings. The van der Waals surface area contributed by atoms with Crippen LogP contribution in [0.25, 0.3) is 0 Å². The Hall–Kier alpha value is -3.35. The molecule has 0 aromatic heterocycles. The SMILES string of the molecule is CCOC(=O)c1cccc(N[11C](=O)Nc2cccc(C(=O)OCC)c2)c1. The number of benzene rings is 2. The Morgan fingerprint density at radius 2 is 1.19 bits per heavy atom. The largest absolute Gasteiger partial charge is 0.462 e. The maximum absolute atomic E-state index is 12.1. The van der Waals surface area contributed by atoms with Gasteiger partial charge >= 0.3 is 18.0 Å². The predicted molar refractivity (Wildman–Crippen MR) is 97.4 cm³/mol. The topological polar surface area (TPSA) is 93.7 Å². The minimum atomic E-state index is -0.507.